The lowest BCUT2D eigenvalue weighted by atomic mass is 10.4. The Balaban J connectivity index is 3.40. The zero-order chi connectivity index (χ0) is 9.23. The van der Waals surface area contributed by atoms with Gasteiger partial charge in [0.15, 0.2) is 0 Å². The predicted molar refractivity (Wildman–Crippen MR) is 49.1 cm³/mol. The van der Waals surface area contributed by atoms with Gasteiger partial charge in [0.2, 0.25) is 0 Å². The van der Waals surface area contributed by atoms with Crippen molar-refractivity contribution in [1.82, 2.24) is 4.90 Å². The van der Waals surface area contributed by atoms with Gasteiger partial charge in [-0.05, 0) is 6.42 Å². The Hall–Kier alpha value is -0.160. The monoisotopic (exact) mass is 176 g/mol. The van der Waals surface area contributed by atoms with E-state index in [1.54, 1.807) is 7.11 Å². The summed E-state index contributed by atoms with van der Waals surface area (Å²) in [5.74, 6) is 0. The molecule has 0 radical (unpaired) electrons. The molecule has 12 heavy (non-hydrogen) atoms. The van der Waals surface area contributed by atoms with Gasteiger partial charge in [-0.3, -0.25) is 4.90 Å². The molecular formula is C8H20N2O2. The Morgan fingerprint density at radius 2 is 2.08 bits per heavy atom. The zero-order valence-corrected chi connectivity index (χ0v) is 7.83. The lowest BCUT2D eigenvalue weighted by Crippen LogP contribution is -2.33. The summed E-state index contributed by atoms with van der Waals surface area (Å²) < 4.78 is 4.95. The van der Waals surface area contributed by atoms with E-state index in [-0.39, 0.29) is 6.61 Å². The van der Waals surface area contributed by atoms with Crippen molar-refractivity contribution in [3.8, 4) is 0 Å². The molecule has 3 N–H and O–H groups in total. The minimum absolute atomic E-state index is 0.244. The van der Waals surface area contributed by atoms with Crippen LogP contribution in [0.15, 0.2) is 0 Å². The second-order valence-corrected chi connectivity index (χ2v) is 2.70. The molecule has 0 fully saturated rings. The van der Waals surface area contributed by atoms with Crippen LogP contribution in [0.5, 0.6) is 0 Å². The van der Waals surface area contributed by atoms with Gasteiger partial charge < -0.3 is 15.6 Å². The van der Waals surface area contributed by atoms with Crippen LogP contribution in [-0.2, 0) is 4.74 Å². The Morgan fingerprint density at radius 1 is 1.33 bits per heavy atom. The third kappa shape index (κ3) is 6.54. The van der Waals surface area contributed by atoms with Crippen LogP contribution in [0.2, 0.25) is 0 Å². The van der Waals surface area contributed by atoms with E-state index in [4.69, 9.17) is 15.6 Å². The van der Waals surface area contributed by atoms with Gasteiger partial charge in [-0.2, -0.15) is 0 Å². The first kappa shape index (κ1) is 11.8. The maximum absolute atomic E-state index is 8.62. The van der Waals surface area contributed by atoms with Crippen molar-refractivity contribution in [2.45, 2.75) is 6.42 Å². The van der Waals surface area contributed by atoms with Gasteiger partial charge in [0, 0.05) is 39.9 Å². The SMILES string of the molecule is COCCN(CCN)CCCO. The van der Waals surface area contributed by atoms with E-state index in [2.05, 4.69) is 4.90 Å². The van der Waals surface area contributed by atoms with Crippen LogP contribution in [0.4, 0.5) is 0 Å². The van der Waals surface area contributed by atoms with E-state index < -0.39 is 0 Å². The topological polar surface area (TPSA) is 58.7 Å². The highest BCUT2D eigenvalue weighted by atomic mass is 16.5. The van der Waals surface area contributed by atoms with Gasteiger partial charge in [-0.15, -0.1) is 0 Å². The van der Waals surface area contributed by atoms with Gasteiger partial charge in [0.05, 0.1) is 6.61 Å². The quantitative estimate of drug-likeness (QED) is 0.512. The summed E-state index contributed by atoms with van der Waals surface area (Å²) in [4.78, 5) is 2.19. The molecule has 74 valence electrons. The molecule has 4 nitrogen and oxygen atoms in total. The smallest absolute Gasteiger partial charge is 0.0589 e. The fourth-order valence-electron chi connectivity index (χ4n) is 1.03. The van der Waals surface area contributed by atoms with Crippen molar-refractivity contribution >= 4 is 0 Å². The molecule has 0 heterocycles. The van der Waals surface area contributed by atoms with Crippen LogP contribution in [0.25, 0.3) is 0 Å². The summed E-state index contributed by atoms with van der Waals surface area (Å²) in [5.41, 5.74) is 5.43. The lowest BCUT2D eigenvalue weighted by Gasteiger charge is -2.20. The maximum Gasteiger partial charge on any atom is 0.0589 e. The van der Waals surface area contributed by atoms with E-state index in [1.807, 2.05) is 0 Å². The number of methoxy groups -OCH3 is 1. The predicted octanol–water partition coefficient (Wildman–Crippen LogP) is -0.724. The Bertz CT molecular complexity index is 83.1. The number of hydrogen-bond donors (Lipinski definition) is 2. The van der Waals surface area contributed by atoms with Crippen molar-refractivity contribution in [2.24, 2.45) is 5.73 Å². The number of aliphatic hydroxyl groups is 1. The van der Waals surface area contributed by atoms with Crippen molar-refractivity contribution < 1.29 is 9.84 Å². The third-order valence-electron chi connectivity index (χ3n) is 1.69. The molecular weight excluding hydrogens is 156 g/mol. The molecule has 0 aromatic carbocycles. The molecule has 0 saturated carbocycles. The zero-order valence-electron chi connectivity index (χ0n) is 7.83. The van der Waals surface area contributed by atoms with Gasteiger partial charge >= 0.3 is 0 Å². The molecule has 0 bridgehead atoms. The van der Waals surface area contributed by atoms with Crippen molar-refractivity contribution in [3.05, 3.63) is 0 Å². The van der Waals surface area contributed by atoms with Gasteiger partial charge in [0.25, 0.3) is 0 Å². The molecule has 0 rings (SSSR count). The average Bonchev–Trinajstić information content (AvgIpc) is 2.10. The second-order valence-electron chi connectivity index (χ2n) is 2.70. The largest absolute Gasteiger partial charge is 0.396 e. The molecule has 0 atom stereocenters. The molecule has 4 heteroatoms. The summed E-state index contributed by atoms with van der Waals surface area (Å²) in [6, 6.07) is 0. The third-order valence-corrected chi connectivity index (χ3v) is 1.69. The van der Waals surface area contributed by atoms with Crippen LogP contribution in [0.3, 0.4) is 0 Å². The summed E-state index contributed by atoms with van der Waals surface area (Å²) in [6.45, 7) is 4.31. The summed E-state index contributed by atoms with van der Waals surface area (Å²) in [5, 5.41) is 8.62. The highest BCUT2D eigenvalue weighted by molar-refractivity contribution is 4.57. The summed E-state index contributed by atoms with van der Waals surface area (Å²) in [7, 11) is 1.69. The Kier molecular flexibility index (Phi) is 8.81. The minimum Gasteiger partial charge on any atom is -0.396 e. The van der Waals surface area contributed by atoms with Crippen LogP contribution < -0.4 is 5.73 Å². The first-order chi connectivity index (χ1) is 5.85. The molecule has 0 saturated heterocycles. The van der Waals surface area contributed by atoms with E-state index in [9.17, 15) is 0 Å². The summed E-state index contributed by atoms with van der Waals surface area (Å²) in [6.07, 6.45) is 0.809. The van der Waals surface area contributed by atoms with Crippen LogP contribution in [-0.4, -0.2) is 56.5 Å². The normalized spacial score (nSPS) is 11.0. The van der Waals surface area contributed by atoms with E-state index >= 15 is 0 Å². The Labute approximate surface area is 74.3 Å². The minimum atomic E-state index is 0.244. The number of ether oxygens (including phenoxy) is 1. The van der Waals surface area contributed by atoms with Crippen molar-refractivity contribution in [3.63, 3.8) is 0 Å². The molecule has 0 aliphatic rings. The number of hydrogen-bond acceptors (Lipinski definition) is 4. The number of nitrogens with zero attached hydrogens (tertiary/aromatic N) is 1. The molecule has 0 aromatic rings. The van der Waals surface area contributed by atoms with E-state index in [1.165, 1.54) is 0 Å². The van der Waals surface area contributed by atoms with Gasteiger partial charge in [-0.25, -0.2) is 0 Å². The van der Waals surface area contributed by atoms with E-state index in [0.29, 0.717) is 6.54 Å². The molecule has 0 aliphatic carbocycles. The average molecular weight is 176 g/mol. The molecule has 0 aliphatic heterocycles. The van der Waals surface area contributed by atoms with Gasteiger partial charge in [0.1, 0.15) is 0 Å². The van der Waals surface area contributed by atoms with Crippen LogP contribution in [0.1, 0.15) is 6.42 Å². The molecule has 0 amide bonds. The highest BCUT2D eigenvalue weighted by Crippen LogP contribution is 1.89. The first-order valence-corrected chi connectivity index (χ1v) is 4.37. The summed E-state index contributed by atoms with van der Waals surface area (Å²) >= 11 is 0. The standard InChI is InChI=1S/C8H20N2O2/c1-12-8-6-10(5-3-9)4-2-7-11/h11H,2-9H2,1H3. The number of rotatable bonds is 8. The fourth-order valence-corrected chi connectivity index (χ4v) is 1.03. The van der Waals surface area contributed by atoms with E-state index in [0.717, 1.165) is 32.7 Å². The van der Waals surface area contributed by atoms with Crippen molar-refractivity contribution in [1.29, 1.82) is 0 Å². The Morgan fingerprint density at radius 3 is 2.58 bits per heavy atom. The number of nitrogens with two attached hydrogens (primary N) is 1. The molecule has 0 unspecified atom stereocenters. The fraction of sp³-hybridized carbons (Fsp3) is 1.00. The lowest BCUT2D eigenvalue weighted by molar-refractivity contribution is 0.143. The maximum atomic E-state index is 8.62. The number of aliphatic hydroxyl groups excluding tert-OH is 1. The highest BCUT2D eigenvalue weighted by Gasteiger charge is 2.01. The van der Waals surface area contributed by atoms with Gasteiger partial charge in [-0.1, -0.05) is 0 Å². The van der Waals surface area contributed by atoms with Crippen LogP contribution in [0, 0.1) is 0 Å². The van der Waals surface area contributed by atoms with Crippen LogP contribution >= 0.6 is 0 Å². The first-order valence-electron chi connectivity index (χ1n) is 4.37. The molecule has 0 spiro atoms. The molecule has 0 aromatic heterocycles. The van der Waals surface area contributed by atoms with Crippen molar-refractivity contribution in [2.75, 3.05) is 46.5 Å². The second kappa shape index (κ2) is 8.93.